The Labute approximate surface area is 98.1 Å². The molecule has 0 N–H and O–H groups in total. The third kappa shape index (κ3) is 3.44. The smallest absolute Gasteiger partial charge is 0.161 e. The highest BCUT2D eigenvalue weighted by atomic mass is 16.5. The Bertz CT molecular complexity index is 262. The summed E-state index contributed by atoms with van der Waals surface area (Å²) in [4.78, 5) is 12.1. The minimum Gasteiger partial charge on any atom is -0.378 e. The van der Waals surface area contributed by atoms with Crippen LogP contribution in [0.2, 0.25) is 0 Å². The third-order valence-electron chi connectivity index (χ3n) is 3.59. The molecule has 0 aromatic heterocycles. The van der Waals surface area contributed by atoms with Crippen LogP contribution in [0.3, 0.4) is 0 Å². The van der Waals surface area contributed by atoms with Crippen molar-refractivity contribution in [3.63, 3.8) is 0 Å². The van der Waals surface area contributed by atoms with E-state index < -0.39 is 0 Å². The van der Waals surface area contributed by atoms with Crippen LogP contribution in [-0.2, 0) is 9.53 Å². The zero-order chi connectivity index (χ0) is 11.2. The molecule has 2 nitrogen and oxygen atoms in total. The van der Waals surface area contributed by atoms with Crippen molar-refractivity contribution in [2.75, 3.05) is 6.61 Å². The number of ketones is 1. The predicted octanol–water partition coefficient (Wildman–Crippen LogP) is 3.41. The predicted molar refractivity (Wildman–Crippen MR) is 64.4 cm³/mol. The van der Waals surface area contributed by atoms with Crippen LogP contribution in [-0.4, -0.2) is 18.5 Å². The summed E-state index contributed by atoms with van der Waals surface area (Å²) in [5, 5.41) is 0. The summed E-state index contributed by atoms with van der Waals surface area (Å²) < 4.78 is 5.52. The molecule has 1 aliphatic carbocycles. The summed E-state index contributed by atoms with van der Waals surface area (Å²) in [6.07, 6.45) is 12.3. The van der Waals surface area contributed by atoms with Gasteiger partial charge in [0, 0.05) is 13.0 Å². The lowest BCUT2D eigenvalue weighted by atomic mass is 9.94. The molecule has 1 atom stereocenters. The van der Waals surface area contributed by atoms with Gasteiger partial charge in [0.2, 0.25) is 0 Å². The largest absolute Gasteiger partial charge is 0.378 e. The van der Waals surface area contributed by atoms with Gasteiger partial charge in [-0.2, -0.15) is 0 Å². The van der Waals surface area contributed by atoms with Crippen molar-refractivity contribution in [1.82, 2.24) is 0 Å². The molecule has 1 unspecified atom stereocenters. The Balaban J connectivity index is 1.85. The zero-order valence-corrected chi connectivity index (χ0v) is 10.0. The third-order valence-corrected chi connectivity index (χ3v) is 3.59. The van der Waals surface area contributed by atoms with Crippen molar-refractivity contribution >= 4 is 5.78 Å². The van der Waals surface area contributed by atoms with Crippen molar-refractivity contribution in [1.29, 1.82) is 0 Å². The van der Waals surface area contributed by atoms with E-state index in [0.29, 0.717) is 12.2 Å². The normalized spacial score (nSPS) is 27.0. The highest BCUT2D eigenvalue weighted by Gasteiger charge is 2.21. The maximum atomic E-state index is 12.1. The topological polar surface area (TPSA) is 26.3 Å². The molecule has 1 fully saturated rings. The van der Waals surface area contributed by atoms with Crippen LogP contribution in [0.1, 0.15) is 57.8 Å². The van der Waals surface area contributed by atoms with Gasteiger partial charge in [0.1, 0.15) is 0 Å². The highest BCUT2D eigenvalue weighted by Crippen LogP contribution is 2.22. The molecule has 0 bridgehead atoms. The van der Waals surface area contributed by atoms with Crippen molar-refractivity contribution in [2.45, 2.75) is 63.9 Å². The van der Waals surface area contributed by atoms with Gasteiger partial charge in [0.15, 0.2) is 5.78 Å². The Morgan fingerprint density at radius 2 is 2.12 bits per heavy atom. The molecule has 90 valence electrons. The fourth-order valence-corrected chi connectivity index (χ4v) is 2.59. The van der Waals surface area contributed by atoms with Crippen LogP contribution in [0.25, 0.3) is 0 Å². The summed E-state index contributed by atoms with van der Waals surface area (Å²) in [7, 11) is 0. The molecule has 2 heteroatoms. The lowest BCUT2D eigenvalue weighted by Gasteiger charge is -2.13. The fourth-order valence-electron chi connectivity index (χ4n) is 2.59. The molecule has 0 spiro atoms. The van der Waals surface area contributed by atoms with Crippen molar-refractivity contribution < 1.29 is 9.53 Å². The Hall–Kier alpha value is -0.630. The van der Waals surface area contributed by atoms with Crippen LogP contribution < -0.4 is 0 Å². The van der Waals surface area contributed by atoms with Gasteiger partial charge in [-0.1, -0.05) is 18.9 Å². The molecular formula is C14H22O2. The van der Waals surface area contributed by atoms with Crippen molar-refractivity contribution in [3.05, 3.63) is 11.6 Å². The highest BCUT2D eigenvalue weighted by molar-refractivity contribution is 5.95. The number of hydrogen-bond donors (Lipinski definition) is 0. The van der Waals surface area contributed by atoms with Gasteiger partial charge in [-0.25, -0.2) is 0 Å². The standard InChI is InChI=1S/C14H22O2/c15-14(11-13-9-6-10-16-13)12-7-4-2-1-3-5-8-12/h7,13H,1-6,8-11H2. The molecule has 2 rings (SSSR count). The minimum atomic E-state index is 0.207. The number of carbonyl (C=O) groups is 1. The minimum absolute atomic E-state index is 0.207. The van der Waals surface area contributed by atoms with E-state index >= 15 is 0 Å². The van der Waals surface area contributed by atoms with Gasteiger partial charge < -0.3 is 4.74 Å². The first kappa shape index (κ1) is 11.8. The second-order valence-corrected chi connectivity index (χ2v) is 4.94. The first-order valence-corrected chi connectivity index (χ1v) is 6.70. The molecule has 1 aliphatic heterocycles. The van der Waals surface area contributed by atoms with Crippen LogP contribution in [0, 0.1) is 0 Å². The van der Waals surface area contributed by atoms with E-state index in [9.17, 15) is 4.79 Å². The Kier molecular flexibility index (Phi) is 4.58. The van der Waals surface area contributed by atoms with Crippen LogP contribution in [0.5, 0.6) is 0 Å². The van der Waals surface area contributed by atoms with Gasteiger partial charge in [-0.15, -0.1) is 0 Å². The molecule has 1 heterocycles. The summed E-state index contributed by atoms with van der Waals surface area (Å²) in [6, 6.07) is 0. The zero-order valence-electron chi connectivity index (χ0n) is 10.0. The SMILES string of the molecule is O=C(CC1CCCO1)C1=CCCCCCC1. The van der Waals surface area contributed by atoms with Gasteiger partial charge >= 0.3 is 0 Å². The molecule has 0 amide bonds. The van der Waals surface area contributed by atoms with E-state index in [-0.39, 0.29) is 6.10 Å². The molecule has 0 aromatic carbocycles. The summed E-state index contributed by atoms with van der Waals surface area (Å²) in [6.45, 7) is 0.844. The number of Topliss-reactive ketones (excluding diaryl/α,β-unsaturated/α-hetero) is 1. The first-order valence-electron chi connectivity index (χ1n) is 6.70. The number of hydrogen-bond acceptors (Lipinski definition) is 2. The Morgan fingerprint density at radius 3 is 2.94 bits per heavy atom. The molecule has 2 aliphatic rings. The molecule has 0 saturated carbocycles. The Morgan fingerprint density at radius 1 is 1.25 bits per heavy atom. The fraction of sp³-hybridized carbons (Fsp3) is 0.786. The molecule has 16 heavy (non-hydrogen) atoms. The van der Waals surface area contributed by atoms with E-state index in [4.69, 9.17) is 4.74 Å². The number of ether oxygens (including phenoxy) is 1. The summed E-state index contributed by atoms with van der Waals surface area (Å²) >= 11 is 0. The van der Waals surface area contributed by atoms with Crippen LogP contribution in [0.4, 0.5) is 0 Å². The summed E-state index contributed by atoms with van der Waals surface area (Å²) in [5.41, 5.74) is 1.08. The quantitative estimate of drug-likeness (QED) is 0.731. The van der Waals surface area contributed by atoms with E-state index in [2.05, 4.69) is 6.08 Å². The molecule has 0 radical (unpaired) electrons. The number of carbonyl (C=O) groups excluding carboxylic acids is 1. The molecule has 1 saturated heterocycles. The molecular weight excluding hydrogens is 200 g/mol. The van der Waals surface area contributed by atoms with Crippen LogP contribution >= 0.6 is 0 Å². The van der Waals surface area contributed by atoms with Crippen molar-refractivity contribution in [3.8, 4) is 0 Å². The number of allylic oxidation sites excluding steroid dienone is 2. The van der Waals surface area contributed by atoms with Gasteiger partial charge in [-0.05, 0) is 44.1 Å². The lowest BCUT2D eigenvalue weighted by molar-refractivity contribution is -0.117. The second-order valence-electron chi connectivity index (χ2n) is 4.94. The monoisotopic (exact) mass is 222 g/mol. The van der Waals surface area contributed by atoms with Gasteiger partial charge in [0.05, 0.1) is 6.10 Å². The van der Waals surface area contributed by atoms with Gasteiger partial charge in [0.25, 0.3) is 0 Å². The van der Waals surface area contributed by atoms with Gasteiger partial charge in [-0.3, -0.25) is 4.79 Å². The lowest BCUT2D eigenvalue weighted by Crippen LogP contribution is -2.14. The maximum Gasteiger partial charge on any atom is 0.161 e. The second kappa shape index (κ2) is 6.19. The van der Waals surface area contributed by atoms with E-state index in [1.54, 1.807) is 0 Å². The van der Waals surface area contributed by atoms with Crippen molar-refractivity contribution in [2.24, 2.45) is 0 Å². The van der Waals surface area contributed by atoms with E-state index in [1.165, 1.54) is 25.7 Å². The van der Waals surface area contributed by atoms with E-state index in [1.807, 2.05) is 0 Å². The average Bonchev–Trinajstić information content (AvgIpc) is 2.69. The van der Waals surface area contributed by atoms with E-state index in [0.717, 1.165) is 37.9 Å². The molecule has 0 aromatic rings. The number of rotatable bonds is 3. The summed E-state index contributed by atoms with van der Waals surface area (Å²) in [5.74, 6) is 0.341. The van der Waals surface area contributed by atoms with Crippen LogP contribution in [0.15, 0.2) is 11.6 Å². The average molecular weight is 222 g/mol. The first-order chi connectivity index (χ1) is 7.86. The maximum absolute atomic E-state index is 12.1.